The highest BCUT2D eigenvalue weighted by atomic mass is 35.5. The first kappa shape index (κ1) is 9.53. The van der Waals surface area contributed by atoms with Crippen LogP contribution in [0, 0.1) is 0 Å². The maximum atomic E-state index is 11.4. The molecule has 0 aliphatic heterocycles. The molecule has 1 aromatic rings. The zero-order valence-corrected chi connectivity index (χ0v) is 8.55. The fourth-order valence-electron chi connectivity index (χ4n) is 2.03. The minimum Gasteiger partial charge on any atom is -0.369 e. The second kappa shape index (κ2) is 3.28. The lowest BCUT2D eigenvalue weighted by atomic mass is 9.64. The van der Waals surface area contributed by atoms with Crippen LogP contribution in [0.5, 0.6) is 0 Å². The van der Waals surface area contributed by atoms with Crippen molar-refractivity contribution in [1.82, 2.24) is 0 Å². The van der Waals surface area contributed by atoms with Gasteiger partial charge in [0.1, 0.15) is 0 Å². The van der Waals surface area contributed by atoms with Crippen LogP contribution in [-0.2, 0) is 10.2 Å². The fraction of sp³-hybridized carbons (Fsp3) is 0.364. The van der Waals surface area contributed by atoms with E-state index >= 15 is 0 Å². The second-order valence-electron chi connectivity index (χ2n) is 3.78. The predicted molar refractivity (Wildman–Crippen MR) is 56.2 cm³/mol. The van der Waals surface area contributed by atoms with Gasteiger partial charge in [-0.05, 0) is 24.5 Å². The summed E-state index contributed by atoms with van der Waals surface area (Å²) in [5.74, 6) is -0.253. The number of amides is 1. The van der Waals surface area contributed by atoms with E-state index in [9.17, 15) is 4.79 Å². The molecular weight excluding hydrogens is 198 g/mol. The SMILES string of the molecule is NC(=O)C1(c2ccccc2Cl)CCC1. The number of hydrogen-bond donors (Lipinski definition) is 1. The molecule has 0 bridgehead atoms. The predicted octanol–water partition coefficient (Wildman–Crippen LogP) is 2.25. The summed E-state index contributed by atoms with van der Waals surface area (Å²) in [6.07, 6.45) is 2.70. The van der Waals surface area contributed by atoms with E-state index in [1.54, 1.807) is 6.07 Å². The van der Waals surface area contributed by atoms with Crippen LogP contribution in [0.15, 0.2) is 24.3 Å². The maximum Gasteiger partial charge on any atom is 0.228 e. The zero-order valence-electron chi connectivity index (χ0n) is 7.79. The Morgan fingerprint density at radius 1 is 1.36 bits per heavy atom. The van der Waals surface area contributed by atoms with E-state index in [2.05, 4.69) is 0 Å². The molecule has 0 heterocycles. The average Bonchev–Trinajstić information content (AvgIpc) is 2.05. The largest absolute Gasteiger partial charge is 0.369 e. The van der Waals surface area contributed by atoms with Crippen molar-refractivity contribution in [2.24, 2.45) is 5.73 Å². The second-order valence-corrected chi connectivity index (χ2v) is 4.19. The van der Waals surface area contributed by atoms with Crippen LogP contribution in [0.3, 0.4) is 0 Å². The van der Waals surface area contributed by atoms with Crippen molar-refractivity contribution in [3.63, 3.8) is 0 Å². The molecule has 0 radical (unpaired) electrons. The molecule has 14 heavy (non-hydrogen) atoms. The molecule has 1 saturated carbocycles. The van der Waals surface area contributed by atoms with Gasteiger partial charge >= 0.3 is 0 Å². The first-order chi connectivity index (χ1) is 6.67. The Labute approximate surface area is 88.1 Å². The summed E-state index contributed by atoms with van der Waals surface area (Å²) < 4.78 is 0. The number of primary amides is 1. The van der Waals surface area contributed by atoms with Gasteiger partial charge in [-0.1, -0.05) is 36.2 Å². The molecule has 1 aliphatic carbocycles. The maximum absolute atomic E-state index is 11.4. The Kier molecular flexibility index (Phi) is 2.23. The van der Waals surface area contributed by atoms with Crippen molar-refractivity contribution in [1.29, 1.82) is 0 Å². The van der Waals surface area contributed by atoms with Crippen molar-refractivity contribution in [3.8, 4) is 0 Å². The van der Waals surface area contributed by atoms with Crippen molar-refractivity contribution < 1.29 is 4.79 Å². The number of halogens is 1. The van der Waals surface area contributed by atoms with Crippen LogP contribution >= 0.6 is 11.6 Å². The molecule has 2 N–H and O–H groups in total. The molecule has 1 aliphatic rings. The Hall–Kier alpha value is -1.02. The minimum absolute atomic E-state index is 0.253. The summed E-state index contributed by atoms with van der Waals surface area (Å²) in [5.41, 5.74) is 5.84. The van der Waals surface area contributed by atoms with Crippen molar-refractivity contribution in [2.75, 3.05) is 0 Å². The van der Waals surface area contributed by atoms with Crippen LogP contribution < -0.4 is 5.73 Å². The summed E-state index contributed by atoms with van der Waals surface area (Å²) in [5, 5.41) is 0.644. The molecule has 1 amide bonds. The zero-order chi connectivity index (χ0) is 10.2. The summed E-state index contributed by atoms with van der Waals surface area (Å²) in [4.78, 5) is 11.4. The van der Waals surface area contributed by atoms with Crippen LogP contribution in [0.2, 0.25) is 5.02 Å². The quantitative estimate of drug-likeness (QED) is 0.798. The highest BCUT2D eigenvalue weighted by Gasteiger charge is 2.45. The van der Waals surface area contributed by atoms with Crippen LogP contribution in [0.4, 0.5) is 0 Å². The number of nitrogens with two attached hydrogens (primary N) is 1. The first-order valence-electron chi connectivity index (χ1n) is 4.72. The molecule has 74 valence electrons. The number of hydrogen-bond acceptors (Lipinski definition) is 1. The molecule has 0 saturated heterocycles. The summed E-state index contributed by atoms with van der Waals surface area (Å²) >= 11 is 6.06. The van der Waals surface area contributed by atoms with E-state index in [4.69, 9.17) is 17.3 Å². The van der Waals surface area contributed by atoms with E-state index in [0.29, 0.717) is 5.02 Å². The Morgan fingerprint density at radius 3 is 2.43 bits per heavy atom. The Balaban J connectivity index is 2.47. The lowest BCUT2D eigenvalue weighted by Gasteiger charge is -2.39. The van der Waals surface area contributed by atoms with E-state index in [-0.39, 0.29) is 5.91 Å². The van der Waals surface area contributed by atoms with Crippen LogP contribution in [-0.4, -0.2) is 5.91 Å². The third-order valence-corrected chi connectivity index (χ3v) is 3.40. The van der Waals surface area contributed by atoms with Gasteiger partial charge in [0.25, 0.3) is 0 Å². The van der Waals surface area contributed by atoms with Crippen LogP contribution in [0.25, 0.3) is 0 Å². The minimum atomic E-state index is -0.488. The van der Waals surface area contributed by atoms with Crippen LogP contribution in [0.1, 0.15) is 24.8 Å². The summed E-state index contributed by atoms with van der Waals surface area (Å²) in [6, 6.07) is 7.45. The number of benzene rings is 1. The Morgan fingerprint density at radius 2 is 2.00 bits per heavy atom. The summed E-state index contributed by atoms with van der Waals surface area (Å²) in [6.45, 7) is 0. The van der Waals surface area contributed by atoms with Crippen molar-refractivity contribution in [3.05, 3.63) is 34.9 Å². The van der Waals surface area contributed by atoms with Gasteiger partial charge in [-0.3, -0.25) is 4.79 Å². The summed E-state index contributed by atoms with van der Waals surface area (Å²) in [7, 11) is 0. The van der Waals surface area contributed by atoms with Gasteiger partial charge in [0.05, 0.1) is 5.41 Å². The average molecular weight is 210 g/mol. The van der Waals surface area contributed by atoms with E-state index in [1.165, 1.54) is 0 Å². The standard InChI is InChI=1S/C11H12ClNO/c12-9-5-2-1-4-8(9)11(10(13)14)6-3-7-11/h1-2,4-5H,3,6-7H2,(H2,13,14). The topological polar surface area (TPSA) is 43.1 Å². The van der Waals surface area contributed by atoms with E-state index in [0.717, 1.165) is 24.8 Å². The molecule has 1 aromatic carbocycles. The van der Waals surface area contributed by atoms with Crippen molar-refractivity contribution in [2.45, 2.75) is 24.7 Å². The normalized spacial score (nSPS) is 18.6. The molecule has 2 nitrogen and oxygen atoms in total. The van der Waals surface area contributed by atoms with Gasteiger partial charge < -0.3 is 5.73 Å². The molecule has 0 spiro atoms. The molecule has 1 fully saturated rings. The van der Waals surface area contributed by atoms with Gasteiger partial charge in [-0.15, -0.1) is 0 Å². The van der Waals surface area contributed by atoms with Crippen molar-refractivity contribution >= 4 is 17.5 Å². The van der Waals surface area contributed by atoms with Gasteiger partial charge in [0.2, 0.25) is 5.91 Å². The lowest BCUT2D eigenvalue weighted by Crippen LogP contribution is -2.46. The smallest absolute Gasteiger partial charge is 0.228 e. The lowest BCUT2D eigenvalue weighted by molar-refractivity contribution is -0.126. The molecule has 2 rings (SSSR count). The van der Waals surface area contributed by atoms with E-state index < -0.39 is 5.41 Å². The molecular formula is C11H12ClNO. The van der Waals surface area contributed by atoms with E-state index in [1.807, 2.05) is 18.2 Å². The molecule has 0 atom stereocenters. The Bertz CT molecular complexity index is 371. The highest BCUT2D eigenvalue weighted by Crippen LogP contribution is 2.45. The number of rotatable bonds is 2. The number of carbonyl (C=O) groups excluding carboxylic acids is 1. The van der Waals surface area contributed by atoms with Gasteiger partial charge in [0.15, 0.2) is 0 Å². The van der Waals surface area contributed by atoms with Gasteiger partial charge in [-0.2, -0.15) is 0 Å². The fourth-order valence-corrected chi connectivity index (χ4v) is 2.34. The molecule has 0 unspecified atom stereocenters. The molecule has 3 heteroatoms. The third kappa shape index (κ3) is 1.22. The first-order valence-corrected chi connectivity index (χ1v) is 5.09. The third-order valence-electron chi connectivity index (χ3n) is 3.07. The monoisotopic (exact) mass is 209 g/mol. The number of carbonyl (C=O) groups is 1. The van der Waals surface area contributed by atoms with Gasteiger partial charge in [0, 0.05) is 5.02 Å². The van der Waals surface area contributed by atoms with Gasteiger partial charge in [-0.25, -0.2) is 0 Å². The molecule has 0 aromatic heterocycles. The highest BCUT2D eigenvalue weighted by molar-refractivity contribution is 6.31.